The van der Waals surface area contributed by atoms with Gasteiger partial charge in [0.15, 0.2) is 0 Å². The highest BCUT2D eigenvalue weighted by Gasteiger charge is 2.01. The predicted molar refractivity (Wildman–Crippen MR) is 101 cm³/mol. The predicted octanol–water partition coefficient (Wildman–Crippen LogP) is 3.37. The Kier molecular flexibility index (Phi) is 5.81. The van der Waals surface area contributed by atoms with Gasteiger partial charge < -0.3 is 9.67 Å². The van der Waals surface area contributed by atoms with E-state index in [1.807, 2.05) is 54.7 Å². The number of aryl methyl sites for hydroxylation is 4. The van der Waals surface area contributed by atoms with E-state index in [9.17, 15) is 4.79 Å². The third-order valence-corrected chi connectivity index (χ3v) is 4.45. The van der Waals surface area contributed by atoms with Crippen molar-refractivity contribution in [2.45, 2.75) is 32.4 Å². The third kappa shape index (κ3) is 4.91. The van der Waals surface area contributed by atoms with Crippen LogP contribution >= 0.6 is 0 Å². The van der Waals surface area contributed by atoms with Crippen molar-refractivity contribution in [1.29, 1.82) is 0 Å². The van der Waals surface area contributed by atoms with E-state index in [0.717, 1.165) is 36.0 Å². The van der Waals surface area contributed by atoms with Crippen LogP contribution in [0.4, 0.5) is 0 Å². The molecule has 3 nitrogen and oxygen atoms in total. The molecule has 0 aliphatic rings. The van der Waals surface area contributed by atoms with Crippen LogP contribution in [0.15, 0.2) is 77.7 Å². The van der Waals surface area contributed by atoms with Gasteiger partial charge in [0.25, 0.3) is 5.56 Å². The fraction of sp³-hybridized carbons (Fsp3) is 0.227. The van der Waals surface area contributed by atoms with Gasteiger partial charge in [0.1, 0.15) is 0 Å². The van der Waals surface area contributed by atoms with Crippen molar-refractivity contribution in [1.82, 2.24) is 4.57 Å². The first-order valence-corrected chi connectivity index (χ1v) is 8.66. The van der Waals surface area contributed by atoms with E-state index >= 15 is 0 Å². The minimum atomic E-state index is 0.0533. The van der Waals surface area contributed by atoms with E-state index < -0.39 is 0 Å². The van der Waals surface area contributed by atoms with Gasteiger partial charge in [-0.25, -0.2) is 0 Å². The largest absolute Gasteiger partial charge is 0.392 e. The summed E-state index contributed by atoms with van der Waals surface area (Å²) >= 11 is 0. The zero-order valence-electron chi connectivity index (χ0n) is 14.3. The van der Waals surface area contributed by atoms with Crippen molar-refractivity contribution in [2.24, 2.45) is 0 Å². The minimum absolute atomic E-state index is 0.0533. The SMILES string of the molecule is O=c1cc(CCc2ccccc2)ccn1CCc1ccc(CO)cc1. The van der Waals surface area contributed by atoms with E-state index in [1.165, 1.54) is 5.56 Å². The third-order valence-electron chi connectivity index (χ3n) is 4.45. The molecule has 0 fully saturated rings. The van der Waals surface area contributed by atoms with Gasteiger partial charge in [-0.1, -0.05) is 54.6 Å². The van der Waals surface area contributed by atoms with Gasteiger partial charge in [-0.2, -0.15) is 0 Å². The summed E-state index contributed by atoms with van der Waals surface area (Å²) < 4.78 is 1.76. The second-order valence-electron chi connectivity index (χ2n) is 6.28. The van der Waals surface area contributed by atoms with E-state index in [2.05, 4.69) is 12.1 Å². The van der Waals surface area contributed by atoms with Crippen LogP contribution in [0.25, 0.3) is 0 Å². The summed E-state index contributed by atoms with van der Waals surface area (Å²) in [4.78, 5) is 12.3. The number of rotatable bonds is 7. The van der Waals surface area contributed by atoms with Crippen molar-refractivity contribution in [3.63, 3.8) is 0 Å². The van der Waals surface area contributed by atoms with E-state index in [0.29, 0.717) is 6.54 Å². The summed E-state index contributed by atoms with van der Waals surface area (Å²) in [5, 5.41) is 9.07. The lowest BCUT2D eigenvalue weighted by atomic mass is 10.1. The zero-order valence-corrected chi connectivity index (χ0v) is 14.3. The molecule has 0 bridgehead atoms. The average Bonchev–Trinajstić information content (AvgIpc) is 2.67. The first-order chi connectivity index (χ1) is 12.2. The summed E-state index contributed by atoms with van der Waals surface area (Å²) in [6.07, 6.45) is 4.52. The molecule has 1 heterocycles. The molecule has 0 aliphatic carbocycles. The van der Waals surface area contributed by atoms with E-state index in [4.69, 9.17) is 5.11 Å². The standard InChI is InChI=1S/C22H23NO2/c24-17-21-10-7-19(8-11-21)12-14-23-15-13-20(16-22(23)25)9-6-18-4-2-1-3-5-18/h1-5,7-8,10-11,13,15-16,24H,6,9,12,14,17H2. The average molecular weight is 333 g/mol. The van der Waals surface area contributed by atoms with Gasteiger partial charge in [-0.3, -0.25) is 4.79 Å². The highest BCUT2D eigenvalue weighted by atomic mass is 16.3. The topological polar surface area (TPSA) is 42.2 Å². The molecule has 0 spiro atoms. The normalized spacial score (nSPS) is 10.8. The Morgan fingerprint density at radius 2 is 1.36 bits per heavy atom. The van der Waals surface area contributed by atoms with Crippen LogP contribution in [0.3, 0.4) is 0 Å². The Labute approximate surface area is 148 Å². The van der Waals surface area contributed by atoms with Crippen LogP contribution < -0.4 is 5.56 Å². The highest BCUT2D eigenvalue weighted by molar-refractivity contribution is 5.22. The Morgan fingerprint density at radius 1 is 0.720 bits per heavy atom. The molecule has 3 rings (SSSR count). The molecular weight excluding hydrogens is 310 g/mol. The summed E-state index contributed by atoms with van der Waals surface area (Å²) in [5.41, 5.74) is 4.49. The van der Waals surface area contributed by atoms with Crippen LogP contribution in [0.5, 0.6) is 0 Å². The number of benzene rings is 2. The minimum Gasteiger partial charge on any atom is -0.392 e. The first kappa shape index (κ1) is 17.2. The van der Waals surface area contributed by atoms with Crippen LogP contribution in [-0.4, -0.2) is 9.67 Å². The molecule has 0 saturated carbocycles. The Balaban J connectivity index is 1.58. The maximum absolute atomic E-state index is 12.3. The number of pyridine rings is 1. The molecule has 1 N–H and O–H groups in total. The van der Waals surface area contributed by atoms with Gasteiger partial charge in [0.05, 0.1) is 6.61 Å². The Morgan fingerprint density at radius 3 is 2.04 bits per heavy atom. The highest BCUT2D eigenvalue weighted by Crippen LogP contribution is 2.08. The molecule has 0 unspecified atom stereocenters. The smallest absolute Gasteiger partial charge is 0.250 e. The van der Waals surface area contributed by atoms with Crippen LogP contribution in [0.2, 0.25) is 0 Å². The zero-order chi connectivity index (χ0) is 17.5. The summed E-state index contributed by atoms with van der Waals surface area (Å²) in [7, 11) is 0. The van der Waals surface area contributed by atoms with Gasteiger partial charge in [-0.05, 0) is 47.6 Å². The summed E-state index contributed by atoms with van der Waals surface area (Å²) in [5.74, 6) is 0. The van der Waals surface area contributed by atoms with Crippen molar-refractivity contribution in [3.8, 4) is 0 Å². The van der Waals surface area contributed by atoms with Crippen molar-refractivity contribution in [3.05, 3.63) is 106 Å². The molecule has 0 atom stereocenters. The van der Waals surface area contributed by atoms with Crippen molar-refractivity contribution >= 4 is 0 Å². The molecule has 0 radical (unpaired) electrons. The Bertz CT molecular complexity index is 851. The quantitative estimate of drug-likeness (QED) is 0.720. The lowest BCUT2D eigenvalue weighted by Crippen LogP contribution is -2.20. The number of aliphatic hydroxyl groups is 1. The fourth-order valence-electron chi connectivity index (χ4n) is 2.88. The van der Waals surface area contributed by atoms with E-state index in [1.54, 1.807) is 10.6 Å². The molecular formula is C22H23NO2. The molecule has 3 heteroatoms. The first-order valence-electron chi connectivity index (χ1n) is 8.66. The summed E-state index contributed by atoms with van der Waals surface area (Å²) in [6.45, 7) is 0.723. The van der Waals surface area contributed by atoms with Gasteiger partial charge in [-0.15, -0.1) is 0 Å². The van der Waals surface area contributed by atoms with Crippen molar-refractivity contribution in [2.75, 3.05) is 0 Å². The van der Waals surface area contributed by atoms with Gasteiger partial charge in [0, 0.05) is 18.8 Å². The number of aromatic nitrogens is 1. The molecule has 0 saturated heterocycles. The second-order valence-corrected chi connectivity index (χ2v) is 6.28. The molecule has 1 aromatic heterocycles. The molecule has 0 aliphatic heterocycles. The second kappa shape index (κ2) is 8.45. The molecule has 0 amide bonds. The van der Waals surface area contributed by atoms with E-state index in [-0.39, 0.29) is 12.2 Å². The van der Waals surface area contributed by atoms with Crippen LogP contribution in [0.1, 0.15) is 22.3 Å². The number of nitrogens with zero attached hydrogens (tertiary/aromatic N) is 1. The number of aliphatic hydroxyl groups excluding tert-OH is 1. The van der Waals surface area contributed by atoms with Crippen molar-refractivity contribution < 1.29 is 5.11 Å². The molecule has 25 heavy (non-hydrogen) atoms. The monoisotopic (exact) mass is 333 g/mol. The summed E-state index contributed by atoms with van der Waals surface area (Å²) in [6, 6.07) is 22.0. The van der Waals surface area contributed by atoms with Gasteiger partial charge >= 0.3 is 0 Å². The lowest BCUT2D eigenvalue weighted by molar-refractivity contribution is 0.282. The molecule has 128 valence electrons. The maximum atomic E-state index is 12.3. The van der Waals surface area contributed by atoms with Crippen LogP contribution in [-0.2, 0) is 32.4 Å². The Hall–Kier alpha value is -2.65. The van der Waals surface area contributed by atoms with Gasteiger partial charge in [0.2, 0.25) is 0 Å². The number of hydrogen-bond acceptors (Lipinski definition) is 2. The molecule has 2 aromatic carbocycles. The fourth-order valence-corrected chi connectivity index (χ4v) is 2.88. The van der Waals surface area contributed by atoms with Crippen LogP contribution in [0, 0.1) is 0 Å². The number of hydrogen-bond donors (Lipinski definition) is 1. The molecule has 3 aromatic rings. The lowest BCUT2D eigenvalue weighted by Gasteiger charge is -2.08. The maximum Gasteiger partial charge on any atom is 0.250 e.